The topological polar surface area (TPSA) is 95.7 Å². The van der Waals surface area contributed by atoms with E-state index in [0.29, 0.717) is 6.54 Å². The van der Waals surface area contributed by atoms with Gasteiger partial charge in [-0.25, -0.2) is 4.79 Å². The summed E-state index contributed by atoms with van der Waals surface area (Å²) in [5.74, 6) is -0.550. The zero-order chi connectivity index (χ0) is 15.8. The van der Waals surface area contributed by atoms with Gasteiger partial charge in [0.05, 0.1) is 6.54 Å². The van der Waals surface area contributed by atoms with Gasteiger partial charge in [0.25, 0.3) is 5.91 Å². The standard InChI is InChI=1S/C14H24N4O3/c1-9(2)18-12(20)14(3,16-13(18)21)10-5-4-6-17(7-10)8-11(15)19/h9-10H,4-8H2,1-3H3,(H2,15,19)(H,16,21)/t10-,14+/m1/s1. The summed E-state index contributed by atoms with van der Waals surface area (Å²) in [6.07, 6.45) is 1.74. The lowest BCUT2D eigenvalue weighted by atomic mass is 9.80. The summed E-state index contributed by atoms with van der Waals surface area (Å²) < 4.78 is 0. The van der Waals surface area contributed by atoms with E-state index in [-0.39, 0.29) is 36.3 Å². The smallest absolute Gasteiger partial charge is 0.325 e. The summed E-state index contributed by atoms with van der Waals surface area (Å²) in [7, 11) is 0. The molecule has 2 aliphatic heterocycles. The fraction of sp³-hybridized carbons (Fsp3) is 0.786. The molecular weight excluding hydrogens is 272 g/mol. The SMILES string of the molecule is CC(C)N1C(=O)N[C@@](C)([C@@H]2CCCN(CC(N)=O)C2)C1=O. The average molecular weight is 296 g/mol. The predicted molar refractivity (Wildman–Crippen MR) is 77.3 cm³/mol. The van der Waals surface area contributed by atoms with Crippen LogP contribution >= 0.6 is 0 Å². The number of urea groups is 1. The van der Waals surface area contributed by atoms with Crippen LogP contribution in [0, 0.1) is 5.92 Å². The molecule has 118 valence electrons. The lowest BCUT2D eigenvalue weighted by molar-refractivity contribution is -0.134. The first-order valence-electron chi connectivity index (χ1n) is 7.42. The molecule has 0 aliphatic carbocycles. The Bertz CT molecular complexity index is 465. The molecule has 2 fully saturated rings. The number of amides is 4. The number of rotatable bonds is 4. The Balaban J connectivity index is 2.14. The molecule has 0 saturated carbocycles. The normalized spacial score (nSPS) is 30.9. The van der Waals surface area contributed by atoms with Crippen LogP contribution in [0.25, 0.3) is 0 Å². The van der Waals surface area contributed by atoms with E-state index in [1.807, 2.05) is 18.7 Å². The lowest BCUT2D eigenvalue weighted by Crippen LogP contribution is -2.56. The van der Waals surface area contributed by atoms with Gasteiger partial charge in [-0.15, -0.1) is 0 Å². The fourth-order valence-electron chi connectivity index (χ4n) is 3.31. The molecule has 2 aliphatic rings. The van der Waals surface area contributed by atoms with Gasteiger partial charge in [-0.1, -0.05) is 0 Å². The third-order valence-corrected chi connectivity index (χ3v) is 4.47. The predicted octanol–water partition coefficient (Wildman–Crippen LogP) is -0.0974. The van der Waals surface area contributed by atoms with E-state index in [0.717, 1.165) is 19.4 Å². The summed E-state index contributed by atoms with van der Waals surface area (Å²) in [5, 5.41) is 2.85. The Kier molecular flexibility index (Phi) is 4.22. The second-order valence-corrected chi connectivity index (χ2v) is 6.44. The second kappa shape index (κ2) is 5.63. The van der Waals surface area contributed by atoms with Gasteiger partial charge in [-0.2, -0.15) is 0 Å². The monoisotopic (exact) mass is 296 g/mol. The number of nitrogens with one attached hydrogen (secondary N) is 1. The maximum absolute atomic E-state index is 12.6. The van der Waals surface area contributed by atoms with Gasteiger partial charge >= 0.3 is 6.03 Å². The van der Waals surface area contributed by atoms with Crippen molar-refractivity contribution in [1.82, 2.24) is 15.1 Å². The first kappa shape index (κ1) is 15.8. The zero-order valence-electron chi connectivity index (χ0n) is 12.9. The molecule has 2 saturated heterocycles. The van der Waals surface area contributed by atoms with Gasteiger partial charge in [0.15, 0.2) is 0 Å². The number of carbonyl (C=O) groups is 3. The van der Waals surface area contributed by atoms with Crippen molar-refractivity contribution in [3.8, 4) is 0 Å². The first-order valence-corrected chi connectivity index (χ1v) is 7.42. The molecule has 21 heavy (non-hydrogen) atoms. The number of piperidine rings is 1. The average Bonchev–Trinajstić information content (AvgIpc) is 2.60. The van der Waals surface area contributed by atoms with E-state index in [9.17, 15) is 14.4 Å². The van der Waals surface area contributed by atoms with Crippen LogP contribution in [0.3, 0.4) is 0 Å². The minimum Gasteiger partial charge on any atom is -0.369 e. The van der Waals surface area contributed by atoms with Crippen molar-refractivity contribution < 1.29 is 14.4 Å². The Morgan fingerprint density at radius 2 is 2.14 bits per heavy atom. The number of nitrogens with two attached hydrogens (primary N) is 1. The van der Waals surface area contributed by atoms with Crippen molar-refractivity contribution in [1.29, 1.82) is 0 Å². The Morgan fingerprint density at radius 3 is 2.67 bits per heavy atom. The van der Waals surface area contributed by atoms with Crippen LogP contribution in [0.4, 0.5) is 4.79 Å². The molecule has 3 N–H and O–H groups in total. The van der Waals surface area contributed by atoms with Crippen LogP contribution in [-0.2, 0) is 9.59 Å². The molecule has 2 atom stereocenters. The number of nitrogens with zero attached hydrogens (tertiary/aromatic N) is 2. The van der Waals surface area contributed by atoms with Crippen molar-refractivity contribution in [2.24, 2.45) is 11.7 Å². The molecule has 0 spiro atoms. The molecule has 2 rings (SSSR count). The van der Waals surface area contributed by atoms with Gasteiger partial charge in [0, 0.05) is 18.5 Å². The van der Waals surface area contributed by atoms with E-state index < -0.39 is 5.54 Å². The number of primary amides is 1. The van der Waals surface area contributed by atoms with Crippen molar-refractivity contribution in [2.75, 3.05) is 19.6 Å². The van der Waals surface area contributed by atoms with Crippen LogP contribution in [-0.4, -0.2) is 58.9 Å². The Hall–Kier alpha value is -1.63. The number of imide groups is 1. The molecular formula is C14H24N4O3. The summed E-state index contributed by atoms with van der Waals surface area (Å²) in [6, 6.07) is -0.492. The minimum absolute atomic E-state index is 0.00852. The molecule has 0 aromatic heterocycles. The first-order chi connectivity index (χ1) is 9.75. The van der Waals surface area contributed by atoms with Crippen molar-refractivity contribution >= 4 is 17.8 Å². The molecule has 0 aromatic rings. The Labute approximate surface area is 124 Å². The molecule has 0 unspecified atom stereocenters. The fourth-order valence-corrected chi connectivity index (χ4v) is 3.31. The molecule has 2 heterocycles. The van der Waals surface area contributed by atoms with Gasteiger partial charge in [0.2, 0.25) is 5.91 Å². The Morgan fingerprint density at radius 1 is 1.48 bits per heavy atom. The van der Waals surface area contributed by atoms with E-state index in [2.05, 4.69) is 5.32 Å². The van der Waals surface area contributed by atoms with E-state index in [1.165, 1.54) is 4.90 Å². The van der Waals surface area contributed by atoms with Crippen LogP contribution in [0.15, 0.2) is 0 Å². The van der Waals surface area contributed by atoms with Gasteiger partial charge < -0.3 is 11.1 Å². The molecule has 4 amide bonds. The molecule has 0 radical (unpaired) electrons. The van der Waals surface area contributed by atoms with Crippen LogP contribution in [0.5, 0.6) is 0 Å². The van der Waals surface area contributed by atoms with Crippen LogP contribution < -0.4 is 11.1 Å². The largest absolute Gasteiger partial charge is 0.369 e. The van der Waals surface area contributed by atoms with E-state index >= 15 is 0 Å². The van der Waals surface area contributed by atoms with Crippen molar-refractivity contribution in [2.45, 2.75) is 45.2 Å². The highest BCUT2D eigenvalue weighted by atomic mass is 16.2. The van der Waals surface area contributed by atoms with Crippen molar-refractivity contribution in [3.05, 3.63) is 0 Å². The third-order valence-electron chi connectivity index (χ3n) is 4.47. The summed E-state index contributed by atoms with van der Waals surface area (Å²) >= 11 is 0. The van der Waals surface area contributed by atoms with Gasteiger partial charge in [-0.05, 0) is 40.2 Å². The molecule has 0 bridgehead atoms. The van der Waals surface area contributed by atoms with Gasteiger partial charge in [0.1, 0.15) is 5.54 Å². The number of hydrogen-bond acceptors (Lipinski definition) is 4. The molecule has 7 nitrogen and oxygen atoms in total. The number of likely N-dealkylation sites (tertiary alicyclic amines) is 1. The number of hydrogen-bond donors (Lipinski definition) is 2. The van der Waals surface area contributed by atoms with E-state index in [1.54, 1.807) is 6.92 Å². The van der Waals surface area contributed by atoms with Gasteiger partial charge in [-0.3, -0.25) is 19.4 Å². The summed E-state index contributed by atoms with van der Waals surface area (Å²) in [4.78, 5) is 39.0. The maximum atomic E-state index is 12.6. The quantitative estimate of drug-likeness (QED) is 0.708. The lowest BCUT2D eigenvalue weighted by Gasteiger charge is -2.39. The third kappa shape index (κ3) is 2.88. The molecule has 0 aromatic carbocycles. The highest BCUT2D eigenvalue weighted by Gasteiger charge is 2.53. The number of carbonyl (C=O) groups excluding carboxylic acids is 3. The van der Waals surface area contributed by atoms with Crippen LogP contribution in [0.1, 0.15) is 33.6 Å². The van der Waals surface area contributed by atoms with E-state index in [4.69, 9.17) is 5.73 Å². The van der Waals surface area contributed by atoms with Crippen molar-refractivity contribution in [3.63, 3.8) is 0 Å². The second-order valence-electron chi connectivity index (χ2n) is 6.44. The maximum Gasteiger partial charge on any atom is 0.325 e. The summed E-state index contributed by atoms with van der Waals surface area (Å²) in [6.45, 7) is 7.02. The van der Waals surface area contributed by atoms with Crippen LogP contribution in [0.2, 0.25) is 0 Å². The zero-order valence-corrected chi connectivity index (χ0v) is 12.9. The summed E-state index contributed by atoms with van der Waals surface area (Å²) in [5.41, 5.74) is 4.35. The highest BCUT2D eigenvalue weighted by Crippen LogP contribution is 2.33. The molecule has 7 heteroatoms. The highest BCUT2D eigenvalue weighted by molar-refractivity contribution is 6.07. The minimum atomic E-state index is -0.891.